The Morgan fingerprint density at radius 1 is 1.26 bits per heavy atom. The standard InChI is InChI=1S/C24H24Cl2N6O2/c1-13(22-30-19-6-5-14(25)8-21(19)31-22)29-23-17-9-18(26)16(10-20(17)27-12-28-23)24(33)32-7-3-4-15(32)11-34-2/h5-6,8-10,12-13,15H,3-4,7,11H2,1-2H3,(H,30,31)(H,27,28,29)/t13-,15+/m0/s1. The molecule has 4 aromatic rings. The second-order valence-corrected chi connectivity index (χ2v) is 9.31. The van der Waals surface area contributed by atoms with Crippen LogP contribution < -0.4 is 5.32 Å². The number of carbonyl (C=O) groups is 1. The van der Waals surface area contributed by atoms with Gasteiger partial charge < -0.3 is 19.9 Å². The zero-order valence-corrected chi connectivity index (χ0v) is 20.3. The fourth-order valence-corrected chi connectivity index (χ4v) is 4.88. The van der Waals surface area contributed by atoms with E-state index in [1.165, 1.54) is 6.33 Å². The van der Waals surface area contributed by atoms with Crippen LogP contribution >= 0.6 is 23.2 Å². The first kappa shape index (κ1) is 22.8. The fourth-order valence-electron chi connectivity index (χ4n) is 4.46. The highest BCUT2D eigenvalue weighted by Gasteiger charge is 2.30. The highest BCUT2D eigenvalue weighted by Crippen LogP contribution is 2.31. The Kier molecular flexibility index (Phi) is 6.29. The van der Waals surface area contributed by atoms with Crippen molar-refractivity contribution < 1.29 is 9.53 Å². The molecule has 176 valence electrons. The summed E-state index contributed by atoms with van der Waals surface area (Å²) in [4.78, 5) is 31.8. The number of likely N-dealkylation sites (tertiary alicyclic amines) is 1. The van der Waals surface area contributed by atoms with Gasteiger partial charge in [-0.25, -0.2) is 15.0 Å². The summed E-state index contributed by atoms with van der Waals surface area (Å²) in [6, 6.07) is 8.90. The summed E-state index contributed by atoms with van der Waals surface area (Å²) in [5.41, 5.74) is 2.77. The Hall–Kier alpha value is -2.94. The van der Waals surface area contributed by atoms with E-state index in [0.717, 1.165) is 35.1 Å². The summed E-state index contributed by atoms with van der Waals surface area (Å²) in [5, 5.41) is 5.12. The monoisotopic (exact) mass is 498 g/mol. The molecule has 2 aromatic heterocycles. The van der Waals surface area contributed by atoms with Crippen molar-refractivity contribution in [2.75, 3.05) is 25.6 Å². The zero-order chi connectivity index (χ0) is 23.8. The number of aromatic amines is 1. The van der Waals surface area contributed by atoms with Crippen molar-refractivity contribution in [2.24, 2.45) is 0 Å². The lowest BCUT2D eigenvalue weighted by Gasteiger charge is -2.24. The first-order valence-corrected chi connectivity index (χ1v) is 11.9. The molecule has 1 saturated heterocycles. The van der Waals surface area contributed by atoms with Crippen molar-refractivity contribution in [1.82, 2.24) is 24.8 Å². The molecule has 0 bridgehead atoms. The lowest BCUT2D eigenvalue weighted by molar-refractivity contribution is 0.0631. The fraction of sp³-hybridized carbons (Fsp3) is 0.333. The summed E-state index contributed by atoms with van der Waals surface area (Å²) in [7, 11) is 1.65. The zero-order valence-electron chi connectivity index (χ0n) is 18.8. The van der Waals surface area contributed by atoms with Gasteiger partial charge in [-0.1, -0.05) is 23.2 Å². The van der Waals surface area contributed by atoms with E-state index >= 15 is 0 Å². The van der Waals surface area contributed by atoms with E-state index in [-0.39, 0.29) is 18.0 Å². The van der Waals surface area contributed by atoms with Crippen molar-refractivity contribution in [1.29, 1.82) is 0 Å². The summed E-state index contributed by atoms with van der Waals surface area (Å²) in [5.74, 6) is 1.25. The van der Waals surface area contributed by atoms with Gasteiger partial charge in [0, 0.05) is 24.1 Å². The average Bonchev–Trinajstić information content (AvgIpc) is 3.45. The van der Waals surface area contributed by atoms with Gasteiger partial charge in [0.2, 0.25) is 0 Å². The lowest BCUT2D eigenvalue weighted by Crippen LogP contribution is -2.38. The second-order valence-electron chi connectivity index (χ2n) is 8.47. The van der Waals surface area contributed by atoms with Crippen LogP contribution in [0.15, 0.2) is 36.7 Å². The van der Waals surface area contributed by atoms with Crippen molar-refractivity contribution in [3.63, 3.8) is 0 Å². The predicted molar refractivity (Wildman–Crippen MR) is 134 cm³/mol. The number of benzene rings is 2. The number of imidazole rings is 1. The number of hydrogen-bond acceptors (Lipinski definition) is 6. The van der Waals surface area contributed by atoms with E-state index in [1.807, 2.05) is 30.0 Å². The molecule has 1 fully saturated rings. The number of carbonyl (C=O) groups excluding carboxylic acids is 1. The van der Waals surface area contributed by atoms with Gasteiger partial charge in [0.05, 0.1) is 45.8 Å². The normalized spacial score (nSPS) is 16.9. The second kappa shape index (κ2) is 9.37. The van der Waals surface area contributed by atoms with Crippen molar-refractivity contribution in [3.05, 3.63) is 58.1 Å². The molecule has 0 unspecified atom stereocenters. The van der Waals surface area contributed by atoms with Gasteiger partial charge in [0.1, 0.15) is 18.0 Å². The maximum atomic E-state index is 13.3. The van der Waals surface area contributed by atoms with E-state index < -0.39 is 0 Å². The Labute approximate surface area is 206 Å². The van der Waals surface area contributed by atoms with Crippen LogP contribution in [0.5, 0.6) is 0 Å². The number of hydrogen-bond donors (Lipinski definition) is 2. The minimum Gasteiger partial charge on any atom is -0.383 e. The van der Waals surface area contributed by atoms with Gasteiger partial charge in [-0.2, -0.15) is 0 Å². The van der Waals surface area contributed by atoms with Crippen molar-refractivity contribution >= 4 is 56.9 Å². The average molecular weight is 499 g/mol. The number of nitrogens with one attached hydrogen (secondary N) is 2. The number of H-pyrrole nitrogens is 1. The third-order valence-corrected chi connectivity index (χ3v) is 6.73. The molecule has 0 radical (unpaired) electrons. The molecule has 0 saturated carbocycles. The number of nitrogens with zero attached hydrogens (tertiary/aromatic N) is 4. The molecule has 0 aliphatic carbocycles. The van der Waals surface area contributed by atoms with E-state index in [9.17, 15) is 4.79 Å². The molecule has 1 aliphatic rings. The Morgan fingerprint density at radius 3 is 2.94 bits per heavy atom. The smallest absolute Gasteiger partial charge is 0.255 e. The van der Waals surface area contributed by atoms with Crippen LogP contribution in [0.2, 0.25) is 10.0 Å². The lowest BCUT2D eigenvalue weighted by atomic mass is 10.1. The Bertz CT molecular complexity index is 1370. The summed E-state index contributed by atoms with van der Waals surface area (Å²) < 4.78 is 5.29. The molecular formula is C24H24Cl2N6O2. The molecule has 5 rings (SSSR count). The largest absolute Gasteiger partial charge is 0.383 e. The molecule has 2 N–H and O–H groups in total. The summed E-state index contributed by atoms with van der Waals surface area (Å²) >= 11 is 12.7. The number of ether oxygens (including phenoxy) is 1. The van der Waals surface area contributed by atoms with E-state index in [0.29, 0.717) is 40.1 Å². The first-order valence-electron chi connectivity index (χ1n) is 11.1. The highest BCUT2D eigenvalue weighted by atomic mass is 35.5. The highest BCUT2D eigenvalue weighted by molar-refractivity contribution is 6.35. The number of anilines is 1. The number of methoxy groups -OCH3 is 1. The Morgan fingerprint density at radius 2 is 2.12 bits per heavy atom. The van der Waals surface area contributed by atoms with Gasteiger partial charge in [-0.15, -0.1) is 0 Å². The van der Waals surface area contributed by atoms with Gasteiger partial charge in [0.25, 0.3) is 5.91 Å². The minimum absolute atomic E-state index is 0.0615. The summed E-state index contributed by atoms with van der Waals surface area (Å²) in [6.45, 7) is 3.19. The first-order chi connectivity index (χ1) is 16.4. The maximum Gasteiger partial charge on any atom is 0.255 e. The van der Waals surface area contributed by atoms with E-state index in [2.05, 4.69) is 25.3 Å². The third-order valence-electron chi connectivity index (χ3n) is 6.18. The van der Waals surface area contributed by atoms with E-state index in [1.54, 1.807) is 19.2 Å². The molecule has 0 spiro atoms. The van der Waals surface area contributed by atoms with Crippen LogP contribution in [-0.2, 0) is 4.74 Å². The quantitative estimate of drug-likeness (QED) is 0.377. The number of halogens is 2. The van der Waals surface area contributed by atoms with Crippen molar-refractivity contribution in [2.45, 2.75) is 31.8 Å². The van der Waals surface area contributed by atoms with Gasteiger partial charge >= 0.3 is 0 Å². The number of aromatic nitrogens is 4. The maximum absolute atomic E-state index is 13.3. The minimum atomic E-state index is -0.177. The predicted octanol–water partition coefficient (Wildman–Crippen LogP) is 5.24. The number of fused-ring (bicyclic) bond motifs is 2. The van der Waals surface area contributed by atoms with Crippen LogP contribution in [0.1, 0.15) is 42.0 Å². The van der Waals surface area contributed by atoms with E-state index in [4.69, 9.17) is 27.9 Å². The van der Waals surface area contributed by atoms with Crippen LogP contribution in [0.4, 0.5) is 5.82 Å². The van der Waals surface area contributed by atoms with Crippen LogP contribution in [0.3, 0.4) is 0 Å². The van der Waals surface area contributed by atoms with Crippen LogP contribution in [0.25, 0.3) is 21.9 Å². The molecule has 10 heteroatoms. The van der Waals surface area contributed by atoms with Gasteiger partial charge in [-0.3, -0.25) is 4.79 Å². The topological polar surface area (TPSA) is 96.0 Å². The molecular weight excluding hydrogens is 475 g/mol. The van der Waals surface area contributed by atoms with Crippen LogP contribution in [0, 0.1) is 0 Å². The molecule has 34 heavy (non-hydrogen) atoms. The number of amides is 1. The molecule has 3 heterocycles. The SMILES string of the molecule is COC[C@H]1CCCN1C(=O)c1cc2ncnc(N[C@@H](C)c3nc4ccc(Cl)cc4[nH]3)c2cc1Cl. The van der Waals surface area contributed by atoms with Gasteiger partial charge in [-0.05, 0) is 50.1 Å². The van der Waals surface area contributed by atoms with Crippen molar-refractivity contribution in [3.8, 4) is 0 Å². The Balaban J connectivity index is 1.43. The molecule has 1 amide bonds. The molecule has 2 aromatic carbocycles. The molecule has 1 aliphatic heterocycles. The third kappa shape index (κ3) is 4.29. The van der Waals surface area contributed by atoms with Gasteiger partial charge in [0.15, 0.2) is 0 Å². The number of rotatable bonds is 6. The molecule has 8 nitrogen and oxygen atoms in total. The summed E-state index contributed by atoms with van der Waals surface area (Å²) in [6.07, 6.45) is 3.35. The molecule has 2 atom stereocenters. The van der Waals surface area contributed by atoms with Crippen LogP contribution in [-0.4, -0.2) is 57.0 Å².